The molecule has 0 bridgehead atoms. The Morgan fingerprint density at radius 2 is 2.44 bits per heavy atom. The van der Waals surface area contributed by atoms with E-state index >= 15 is 0 Å². The van der Waals surface area contributed by atoms with Gasteiger partial charge in [-0.05, 0) is 15.9 Å². The second-order valence-corrected chi connectivity index (χ2v) is 2.14. The van der Waals surface area contributed by atoms with E-state index in [2.05, 4.69) is 25.9 Å². The molecule has 1 heterocycles. The Kier molecular flexibility index (Phi) is 1.89. The fourth-order valence-corrected chi connectivity index (χ4v) is 0.692. The average Bonchev–Trinajstić information content (AvgIpc) is 1.89. The van der Waals surface area contributed by atoms with Gasteiger partial charge in [-0.15, -0.1) is 0 Å². The molecule has 0 saturated heterocycles. The van der Waals surface area contributed by atoms with Gasteiger partial charge in [-0.1, -0.05) is 0 Å². The van der Waals surface area contributed by atoms with Gasteiger partial charge in [-0.2, -0.15) is 0 Å². The van der Waals surface area contributed by atoms with Crippen LogP contribution in [0.15, 0.2) is 17.1 Å². The Hall–Kier alpha value is -0.770. The van der Waals surface area contributed by atoms with Crippen molar-refractivity contribution in [3.05, 3.63) is 22.7 Å². The number of aromatic nitrogens is 2. The van der Waals surface area contributed by atoms with Gasteiger partial charge in [-0.25, -0.2) is 9.97 Å². The molecule has 0 unspecified atom stereocenters. The molecule has 3 nitrogen and oxygen atoms in total. The van der Waals surface area contributed by atoms with Gasteiger partial charge >= 0.3 is 0 Å². The highest BCUT2D eigenvalue weighted by molar-refractivity contribution is 9.10. The molecule has 0 aliphatic carbocycles. The molecular weight excluding hydrogens is 184 g/mol. The zero-order chi connectivity index (χ0) is 6.69. The number of halogens is 1. The van der Waals surface area contributed by atoms with Gasteiger partial charge in [-0.3, -0.25) is 4.79 Å². The number of carbonyl (C=O) groups is 1. The molecule has 1 rings (SSSR count). The van der Waals surface area contributed by atoms with Gasteiger partial charge in [0, 0.05) is 6.20 Å². The van der Waals surface area contributed by atoms with Gasteiger partial charge in [0.1, 0.15) is 10.9 Å². The summed E-state index contributed by atoms with van der Waals surface area (Å²) < 4.78 is 0.535. The molecule has 4 heteroatoms. The second-order valence-electron chi connectivity index (χ2n) is 1.39. The molecule has 0 atom stereocenters. The van der Waals surface area contributed by atoms with Crippen LogP contribution in [0.25, 0.3) is 0 Å². The van der Waals surface area contributed by atoms with Crippen molar-refractivity contribution in [3.8, 4) is 0 Å². The van der Waals surface area contributed by atoms with Crippen LogP contribution in [0.1, 0.15) is 10.4 Å². The molecule has 0 aliphatic rings. The van der Waals surface area contributed by atoms with Crippen LogP contribution in [0.3, 0.4) is 0 Å². The molecule has 0 fully saturated rings. The summed E-state index contributed by atoms with van der Waals surface area (Å²) >= 11 is 3.07. The Morgan fingerprint density at radius 3 is 2.89 bits per heavy atom. The average molecular weight is 187 g/mol. The molecular formula is C5H3BrN2O. The largest absolute Gasteiger partial charge is 0.298 e. The van der Waals surface area contributed by atoms with Crippen LogP contribution in [-0.2, 0) is 0 Å². The van der Waals surface area contributed by atoms with Gasteiger partial charge in [0.05, 0.1) is 5.56 Å². The van der Waals surface area contributed by atoms with Gasteiger partial charge < -0.3 is 0 Å². The van der Waals surface area contributed by atoms with Gasteiger partial charge in [0.25, 0.3) is 0 Å². The number of hydrogen-bond acceptors (Lipinski definition) is 3. The molecule has 1 aromatic rings. The van der Waals surface area contributed by atoms with Gasteiger partial charge in [0.15, 0.2) is 6.29 Å². The first kappa shape index (κ1) is 6.35. The van der Waals surface area contributed by atoms with Crippen molar-refractivity contribution in [1.82, 2.24) is 9.97 Å². The number of hydrogen-bond donors (Lipinski definition) is 0. The van der Waals surface area contributed by atoms with Crippen LogP contribution in [0.4, 0.5) is 0 Å². The molecule has 0 saturated carbocycles. The lowest BCUT2D eigenvalue weighted by molar-refractivity contribution is 0.112. The number of rotatable bonds is 1. The minimum Gasteiger partial charge on any atom is -0.298 e. The first-order valence-electron chi connectivity index (χ1n) is 2.25. The lowest BCUT2D eigenvalue weighted by atomic mass is 10.4. The molecule has 0 aromatic carbocycles. The smallest absolute Gasteiger partial charge is 0.154 e. The molecule has 0 amide bonds. The summed E-state index contributed by atoms with van der Waals surface area (Å²) in [5, 5.41) is 0. The minimum absolute atomic E-state index is 0.470. The summed E-state index contributed by atoms with van der Waals surface area (Å²) in [6, 6.07) is 0. The topological polar surface area (TPSA) is 42.9 Å². The maximum absolute atomic E-state index is 10.1. The van der Waals surface area contributed by atoms with Gasteiger partial charge in [0.2, 0.25) is 0 Å². The zero-order valence-electron chi connectivity index (χ0n) is 4.41. The maximum atomic E-state index is 10.1. The molecule has 0 spiro atoms. The molecule has 0 N–H and O–H groups in total. The third kappa shape index (κ3) is 1.32. The SMILES string of the molecule is O=Cc1cncnc1Br. The van der Waals surface area contributed by atoms with E-state index in [0.29, 0.717) is 16.5 Å². The van der Waals surface area contributed by atoms with Crippen LogP contribution < -0.4 is 0 Å². The predicted molar refractivity (Wildman–Crippen MR) is 35.1 cm³/mol. The standard InChI is InChI=1S/C5H3BrN2O/c6-5-4(2-9)1-7-3-8-5/h1-3H. The maximum Gasteiger partial charge on any atom is 0.154 e. The number of nitrogens with zero attached hydrogens (tertiary/aromatic N) is 2. The summed E-state index contributed by atoms with van der Waals surface area (Å²) in [7, 11) is 0. The first-order valence-corrected chi connectivity index (χ1v) is 3.04. The third-order valence-corrected chi connectivity index (χ3v) is 1.48. The van der Waals surface area contributed by atoms with Crippen molar-refractivity contribution in [1.29, 1.82) is 0 Å². The van der Waals surface area contributed by atoms with Crippen LogP contribution in [0, 0.1) is 0 Å². The summed E-state index contributed by atoms with van der Waals surface area (Å²) in [5.74, 6) is 0. The Labute approximate surface area is 60.3 Å². The molecule has 9 heavy (non-hydrogen) atoms. The fraction of sp³-hybridized carbons (Fsp3) is 0. The van der Waals surface area contributed by atoms with E-state index in [0.717, 1.165) is 0 Å². The monoisotopic (exact) mass is 186 g/mol. The van der Waals surface area contributed by atoms with E-state index in [9.17, 15) is 4.79 Å². The Balaban J connectivity index is 3.15. The summed E-state index contributed by atoms with van der Waals surface area (Å²) in [6.07, 6.45) is 3.52. The van der Waals surface area contributed by atoms with E-state index in [4.69, 9.17) is 0 Å². The zero-order valence-corrected chi connectivity index (χ0v) is 6.00. The van der Waals surface area contributed by atoms with E-state index in [-0.39, 0.29) is 0 Å². The quantitative estimate of drug-likeness (QED) is 0.487. The van der Waals surface area contributed by atoms with E-state index in [1.165, 1.54) is 12.5 Å². The van der Waals surface area contributed by atoms with Crippen LogP contribution in [-0.4, -0.2) is 16.3 Å². The lowest BCUT2D eigenvalue weighted by Gasteiger charge is -1.88. The molecule has 1 aromatic heterocycles. The van der Waals surface area contributed by atoms with Crippen molar-refractivity contribution in [2.75, 3.05) is 0 Å². The Morgan fingerprint density at radius 1 is 1.67 bits per heavy atom. The fourth-order valence-electron chi connectivity index (χ4n) is 0.405. The van der Waals surface area contributed by atoms with E-state index in [1.54, 1.807) is 0 Å². The highest BCUT2D eigenvalue weighted by Crippen LogP contribution is 2.07. The van der Waals surface area contributed by atoms with Crippen molar-refractivity contribution in [2.24, 2.45) is 0 Å². The van der Waals surface area contributed by atoms with Crippen molar-refractivity contribution >= 4 is 22.2 Å². The first-order chi connectivity index (χ1) is 4.34. The molecule has 0 radical (unpaired) electrons. The minimum atomic E-state index is 0.470. The van der Waals surface area contributed by atoms with Crippen molar-refractivity contribution in [3.63, 3.8) is 0 Å². The van der Waals surface area contributed by atoms with Crippen molar-refractivity contribution in [2.45, 2.75) is 0 Å². The summed E-state index contributed by atoms with van der Waals surface area (Å²) in [6.45, 7) is 0. The van der Waals surface area contributed by atoms with E-state index < -0.39 is 0 Å². The Bertz CT molecular complexity index is 226. The normalized spacial score (nSPS) is 9.00. The molecule has 46 valence electrons. The highest BCUT2D eigenvalue weighted by Gasteiger charge is 1.95. The van der Waals surface area contributed by atoms with Crippen LogP contribution >= 0.6 is 15.9 Å². The summed E-state index contributed by atoms with van der Waals surface area (Å²) in [4.78, 5) is 17.5. The summed E-state index contributed by atoms with van der Waals surface area (Å²) in [5.41, 5.74) is 0.470. The third-order valence-electron chi connectivity index (χ3n) is 0.817. The van der Waals surface area contributed by atoms with Crippen LogP contribution in [0.2, 0.25) is 0 Å². The number of carbonyl (C=O) groups excluding carboxylic acids is 1. The van der Waals surface area contributed by atoms with Crippen molar-refractivity contribution < 1.29 is 4.79 Å². The number of aldehydes is 1. The predicted octanol–water partition coefficient (Wildman–Crippen LogP) is 1.05. The van der Waals surface area contributed by atoms with E-state index in [1.807, 2.05) is 0 Å². The second kappa shape index (κ2) is 2.68. The highest BCUT2D eigenvalue weighted by atomic mass is 79.9. The van der Waals surface area contributed by atoms with Crippen LogP contribution in [0.5, 0.6) is 0 Å². The molecule has 0 aliphatic heterocycles. The lowest BCUT2D eigenvalue weighted by Crippen LogP contribution is -1.86.